The van der Waals surface area contributed by atoms with Crippen LogP contribution in [0.4, 0.5) is 10.1 Å². The van der Waals surface area contributed by atoms with Gasteiger partial charge < -0.3 is 14.8 Å². The Labute approximate surface area is 168 Å². The minimum absolute atomic E-state index is 0.0192. The van der Waals surface area contributed by atoms with Crippen LogP contribution in [0.1, 0.15) is 29.5 Å². The Kier molecular flexibility index (Phi) is 4.73. The van der Waals surface area contributed by atoms with E-state index in [1.165, 1.54) is 6.07 Å². The number of nitrogens with one attached hydrogen (secondary N) is 1. The third-order valence-electron chi connectivity index (χ3n) is 5.20. The Morgan fingerprint density at radius 3 is 2.65 bits per heavy atom. The zero-order chi connectivity index (χ0) is 18.4. The second-order valence-corrected chi connectivity index (χ2v) is 8.34. The molecule has 0 aromatic heterocycles. The monoisotopic (exact) mass is 481 g/mol. The minimum Gasteiger partial charge on any atom is -0.493 e. The summed E-state index contributed by atoms with van der Waals surface area (Å²) in [7, 11) is 3.23. The topological polar surface area (TPSA) is 30.5 Å². The molecule has 0 saturated heterocycles. The minimum atomic E-state index is -0.238. The maximum absolute atomic E-state index is 14.7. The Balaban J connectivity index is 1.82. The standard InChI is InChI=1S/C20H18Br2FNO2/c1-25-17-7-10(6-15(22)20(17)26-2)18-13-5-3-4-12(13)14-8-11(21)9-16(23)19(14)24-18/h3-4,6-9,12-13,18,24H,5H2,1-2H3/t12-,13+,18-/m0/s1. The molecule has 0 saturated carbocycles. The molecule has 136 valence electrons. The molecular weight excluding hydrogens is 465 g/mol. The number of rotatable bonds is 3. The van der Waals surface area contributed by atoms with Crippen LogP contribution in [0.25, 0.3) is 0 Å². The van der Waals surface area contributed by atoms with Crippen molar-refractivity contribution in [3.63, 3.8) is 0 Å². The summed E-state index contributed by atoms with van der Waals surface area (Å²) in [6.45, 7) is 0. The Morgan fingerprint density at radius 1 is 1.12 bits per heavy atom. The van der Waals surface area contributed by atoms with Crippen molar-refractivity contribution in [2.75, 3.05) is 19.5 Å². The van der Waals surface area contributed by atoms with E-state index in [1.807, 2.05) is 18.2 Å². The fourth-order valence-corrected chi connectivity index (χ4v) is 5.14. The highest BCUT2D eigenvalue weighted by Crippen LogP contribution is 2.52. The third-order valence-corrected chi connectivity index (χ3v) is 6.25. The van der Waals surface area contributed by atoms with Crippen molar-refractivity contribution < 1.29 is 13.9 Å². The number of hydrogen-bond acceptors (Lipinski definition) is 3. The van der Waals surface area contributed by atoms with Crippen molar-refractivity contribution in [3.8, 4) is 11.5 Å². The maximum Gasteiger partial charge on any atom is 0.174 e. The molecule has 1 aliphatic carbocycles. The quantitative estimate of drug-likeness (QED) is 0.528. The number of benzene rings is 2. The lowest BCUT2D eigenvalue weighted by Gasteiger charge is -2.38. The molecule has 2 aromatic rings. The second kappa shape index (κ2) is 6.89. The van der Waals surface area contributed by atoms with Gasteiger partial charge in [-0.05, 0) is 63.7 Å². The lowest BCUT2D eigenvalue weighted by Crippen LogP contribution is -2.29. The zero-order valence-electron chi connectivity index (χ0n) is 14.4. The third kappa shape index (κ3) is 2.83. The maximum atomic E-state index is 14.7. The predicted octanol–water partition coefficient (Wildman–Crippen LogP) is 6.19. The number of hydrogen-bond donors (Lipinski definition) is 1. The molecule has 0 spiro atoms. The van der Waals surface area contributed by atoms with Crippen molar-refractivity contribution in [2.24, 2.45) is 5.92 Å². The first kappa shape index (κ1) is 17.9. The number of halogens is 3. The van der Waals surface area contributed by atoms with Gasteiger partial charge in [0, 0.05) is 10.4 Å². The van der Waals surface area contributed by atoms with Crippen LogP contribution in [0, 0.1) is 11.7 Å². The van der Waals surface area contributed by atoms with Gasteiger partial charge in [-0.15, -0.1) is 0 Å². The van der Waals surface area contributed by atoms with E-state index in [0.29, 0.717) is 23.1 Å². The smallest absolute Gasteiger partial charge is 0.174 e. The van der Waals surface area contributed by atoms with Gasteiger partial charge in [-0.3, -0.25) is 0 Å². The average molecular weight is 483 g/mol. The van der Waals surface area contributed by atoms with Crippen molar-refractivity contribution in [1.82, 2.24) is 0 Å². The molecule has 6 heteroatoms. The van der Waals surface area contributed by atoms with Gasteiger partial charge in [-0.2, -0.15) is 0 Å². The van der Waals surface area contributed by atoms with Crippen molar-refractivity contribution >= 4 is 37.5 Å². The summed E-state index contributed by atoms with van der Waals surface area (Å²) >= 11 is 6.98. The predicted molar refractivity (Wildman–Crippen MR) is 108 cm³/mol. The highest BCUT2D eigenvalue weighted by atomic mass is 79.9. The van der Waals surface area contributed by atoms with Gasteiger partial charge in [0.2, 0.25) is 0 Å². The number of fused-ring (bicyclic) bond motifs is 3. The highest BCUT2D eigenvalue weighted by Gasteiger charge is 2.39. The number of methoxy groups -OCH3 is 2. The van der Waals surface area contributed by atoms with Crippen molar-refractivity contribution in [1.29, 1.82) is 0 Å². The molecule has 2 aromatic carbocycles. The van der Waals surface area contributed by atoms with Gasteiger partial charge in [0.05, 0.1) is 30.4 Å². The molecule has 1 heterocycles. The van der Waals surface area contributed by atoms with E-state index in [2.05, 4.69) is 49.3 Å². The Morgan fingerprint density at radius 2 is 1.92 bits per heavy atom. The largest absolute Gasteiger partial charge is 0.493 e. The average Bonchev–Trinajstić information content (AvgIpc) is 3.10. The van der Waals surface area contributed by atoms with Gasteiger partial charge in [0.15, 0.2) is 11.5 Å². The van der Waals surface area contributed by atoms with E-state index in [9.17, 15) is 4.39 Å². The van der Waals surface area contributed by atoms with E-state index in [4.69, 9.17) is 9.47 Å². The zero-order valence-corrected chi connectivity index (χ0v) is 17.5. The van der Waals surface area contributed by atoms with Gasteiger partial charge >= 0.3 is 0 Å². The molecule has 1 N–H and O–H groups in total. The molecule has 0 fully saturated rings. The van der Waals surface area contributed by atoms with Crippen LogP contribution >= 0.6 is 31.9 Å². The lowest BCUT2D eigenvalue weighted by atomic mass is 9.77. The normalized spacial score (nSPS) is 23.2. The summed E-state index contributed by atoms with van der Waals surface area (Å²) in [6.07, 6.45) is 5.33. The van der Waals surface area contributed by atoms with Crippen molar-refractivity contribution in [3.05, 3.63) is 62.3 Å². The molecule has 1 aliphatic heterocycles. The van der Waals surface area contributed by atoms with Crippen LogP contribution in [0.3, 0.4) is 0 Å². The molecule has 0 amide bonds. The van der Waals surface area contributed by atoms with Gasteiger partial charge in [-0.25, -0.2) is 4.39 Å². The van der Waals surface area contributed by atoms with Crippen LogP contribution in [0.15, 0.2) is 45.4 Å². The molecule has 4 rings (SSSR count). The van der Waals surface area contributed by atoms with Crippen LogP contribution in [-0.2, 0) is 0 Å². The van der Waals surface area contributed by atoms with E-state index in [-0.39, 0.29) is 17.8 Å². The molecule has 26 heavy (non-hydrogen) atoms. The van der Waals surface area contributed by atoms with Gasteiger partial charge in [0.1, 0.15) is 5.82 Å². The molecule has 0 unspecified atom stereocenters. The van der Waals surface area contributed by atoms with Gasteiger partial charge in [-0.1, -0.05) is 28.1 Å². The molecular formula is C20H18Br2FNO2. The summed E-state index contributed by atoms with van der Waals surface area (Å²) in [4.78, 5) is 0. The summed E-state index contributed by atoms with van der Waals surface area (Å²) in [6, 6.07) is 7.50. The van der Waals surface area contributed by atoms with Gasteiger partial charge in [0.25, 0.3) is 0 Å². The second-order valence-electron chi connectivity index (χ2n) is 6.57. The SMILES string of the molecule is COc1cc([C@@H]2Nc3c(F)cc(Br)cc3[C@H]3C=CC[C@H]32)cc(Br)c1OC. The first-order valence-corrected chi connectivity index (χ1v) is 9.95. The fraction of sp³-hybridized carbons (Fsp3) is 0.300. The number of anilines is 1. The molecule has 0 radical (unpaired) electrons. The highest BCUT2D eigenvalue weighted by molar-refractivity contribution is 9.10. The summed E-state index contributed by atoms with van der Waals surface area (Å²) in [5.41, 5.74) is 2.63. The molecule has 3 nitrogen and oxygen atoms in total. The van der Waals surface area contributed by atoms with Crippen LogP contribution in [-0.4, -0.2) is 14.2 Å². The lowest BCUT2D eigenvalue weighted by molar-refractivity contribution is 0.351. The van der Waals surface area contributed by atoms with Crippen molar-refractivity contribution in [2.45, 2.75) is 18.4 Å². The van der Waals surface area contributed by atoms with E-state index in [0.717, 1.165) is 26.5 Å². The van der Waals surface area contributed by atoms with E-state index >= 15 is 0 Å². The molecule has 0 bridgehead atoms. The fourth-order valence-electron chi connectivity index (χ4n) is 4.07. The first-order chi connectivity index (χ1) is 12.5. The van der Waals surface area contributed by atoms with Crippen LogP contribution in [0.2, 0.25) is 0 Å². The van der Waals surface area contributed by atoms with Crippen LogP contribution < -0.4 is 14.8 Å². The summed E-state index contributed by atoms with van der Waals surface area (Å²) < 4.78 is 27.1. The molecule has 2 aliphatic rings. The Bertz CT molecular complexity index is 900. The summed E-state index contributed by atoms with van der Waals surface area (Å²) in [5.74, 6) is 1.58. The Hall–Kier alpha value is -1.53. The number of allylic oxidation sites excluding steroid dienone is 2. The van der Waals surface area contributed by atoms with Crippen LogP contribution in [0.5, 0.6) is 11.5 Å². The van der Waals surface area contributed by atoms with E-state index < -0.39 is 0 Å². The summed E-state index contributed by atoms with van der Waals surface area (Å²) in [5, 5.41) is 3.44. The molecule has 3 atom stereocenters. The number of ether oxygens (including phenoxy) is 2. The van der Waals surface area contributed by atoms with E-state index in [1.54, 1.807) is 14.2 Å². The first-order valence-electron chi connectivity index (χ1n) is 8.37.